The predicted octanol–water partition coefficient (Wildman–Crippen LogP) is 1.18. The van der Waals surface area contributed by atoms with Crippen LogP contribution in [0.4, 0.5) is 5.95 Å². The molecule has 136 valence electrons. The van der Waals surface area contributed by atoms with Crippen LogP contribution >= 0.6 is 11.6 Å². The first-order valence-electron chi connectivity index (χ1n) is 8.31. The Balaban J connectivity index is 0.000000219. The summed E-state index contributed by atoms with van der Waals surface area (Å²) in [5.74, 6) is 1.24. The van der Waals surface area contributed by atoms with Crippen LogP contribution < -0.4 is 5.73 Å². The third-order valence-corrected chi connectivity index (χ3v) is 4.47. The normalized spacial score (nSPS) is 20.5. The highest BCUT2D eigenvalue weighted by atomic mass is 35.5. The first-order chi connectivity index (χ1) is 12.0. The highest BCUT2D eigenvalue weighted by Crippen LogP contribution is 2.28. The van der Waals surface area contributed by atoms with Crippen LogP contribution in [0.25, 0.3) is 11.4 Å². The molecule has 1 saturated heterocycles. The molecule has 3 N–H and O–H groups in total. The number of ether oxygens (including phenoxy) is 1. The Morgan fingerprint density at radius 1 is 1.32 bits per heavy atom. The molecule has 0 spiro atoms. The van der Waals surface area contributed by atoms with E-state index < -0.39 is 0 Å². The largest absolute Gasteiger partial charge is 0.391 e. The molecular formula is C16H23ClN6O2. The molecule has 4 heterocycles. The van der Waals surface area contributed by atoms with Crippen molar-refractivity contribution in [1.29, 1.82) is 0 Å². The standard InChI is InChI=1S/C11H13ClN6.C5H10O2/c1-17-2-3-18-8(5-14-9(18)6-17)10-7(12)4-15-11(13)16-10;6-5-2-1-3-7-4-5/h4-5H,2-3,6H2,1H3,(H2,13,15,16);5-6H,1-4H2. The van der Waals surface area contributed by atoms with Crippen molar-refractivity contribution in [2.45, 2.75) is 32.0 Å². The number of aliphatic hydroxyl groups excluding tert-OH is 1. The topological polar surface area (TPSA) is 102 Å². The summed E-state index contributed by atoms with van der Waals surface area (Å²) in [5.41, 5.74) is 7.16. The van der Waals surface area contributed by atoms with Crippen LogP contribution in [0.3, 0.4) is 0 Å². The van der Waals surface area contributed by atoms with E-state index in [0.717, 1.165) is 50.6 Å². The average molecular weight is 367 g/mol. The summed E-state index contributed by atoms with van der Waals surface area (Å²) in [4.78, 5) is 14.7. The number of hydrogen-bond donors (Lipinski definition) is 2. The van der Waals surface area contributed by atoms with Gasteiger partial charge in [-0.25, -0.2) is 15.0 Å². The molecule has 1 unspecified atom stereocenters. The highest BCUT2D eigenvalue weighted by Gasteiger charge is 2.20. The second-order valence-corrected chi connectivity index (χ2v) is 6.65. The van der Waals surface area contributed by atoms with Gasteiger partial charge >= 0.3 is 0 Å². The molecule has 8 nitrogen and oxygen atoms in total. The lowest BCUT2D eigenvalue weighted by Crippen LogP contribution is -2.30. The number of rotatable bonds is 1. The van der Waals surface area contributed by atoms with Gasteiger partial charge in [0.1, 0.15) is 11.5 Å². The van der Waals surface area contributed by atoms with Crippen LogP contribution in [-0.4, -0.2) is 62.4 Å². The molecule has 0 amide bonds. The highest BCUT2D eigenvalue weighted by molar-refractivity contribution is 6.32. The quantitative estimate of drug-likeness (QED) is 0.781. The molecule has 0 radical (unpaired) electrons. The van der Waals surface area contributed by atoms with Gasteiger partial charge in [0, 0.05) is 19.7 Å². The Kier molecular flexibility index (Phi) is 5.85. The summed E-state index contributed by atoms with van der Waals surface area (Å²) in [7, 11) is 2.08. The Bertz CT molecular complexity index is 717. The number of aliphatic hydroxyl groups is 1. The lowest BCUT2D eigenvalue weighted by atomic mass is 10.2. The van der Waals surface area contributed by atoms with Crippen LogP contribution in [0.1, 0.15) is 18.7 Å². The van der Waals surface area contributed by atoms with E-state index in [1.54, 1.807) is 6.20 Å². The van der Waals surface area contributed by atoms with Gasteiger partial charge in [-0.15, -0.1) is 0 Å². The van der Waals surface area contributed by atoms with Crippen molar-refractivity contribution in [1.82, 2.24) is 24.4 Å². The Labute approximate surface area is 151 Å². The van der Waals surface area contributed by atoms with Gasteiger partial charge < -0.3 is 20.1 Å². The molecule has 0 aromatic carbocycles. The molecule has 1 fully saturated rings. The fourth-order valence-corrected chi connectivity index (χ4v) is 3.04. The predicted molar refractivity (Wildman–Crippen MR) is 95.1 cm³/mol. The van der Waals surface area contributed by atoms with Crippen molar-refractivity contribution >= 4 is 17.5 Å². The van der Waals surface area contributed by atoms with E-state index in [1.165, 1.54) is 6.20 Å². The van der Waals surface area contributed by atoms with E-state index >= 15 is 0 Å². The number of nitrogens with zero attached hydrogens (tertiary/aromatic N) is 5. The van der Waals surface area contributed by atoms with E-state index in [-0.39, 0.29) is 12.1 Å². The van der Waals surface area contributed by atoms with Crippen LogP contribution in [0, 0.1) is 0 Å². The number of nitrogens with two attached hydrogens (primary N) is 1. The fraction of sp³-hybridized carbons (Fsp3) is 0.562. The Morgan fingerprint density at radius 2 is 2.16 bits per heavy atom. The van der Waals surface area contributed by atoms with Gasteiger partial charge in [-0.3, -0.25) is 4.90 Å². The van der Waals surface area contributed by atoms with Crippen molar-refractivity contribution in [3.05, 3.63) is 23.2 Å². The summed E-state index contributed by atoms with van der Waals surface area (Å²) < 4.78 is 7.06. The fourth-order valence-electron chi connectivity index (χ4n) is 2.85. The zero-order valence-electron chi connectivity index (χ0n) is 14.2. The number of imidazole rings is 1. The molecule has 9 heteroatoms. The third-order valence-electron chi connectivity index (χ3n) is 4.20. The monoisotopic (exact) mass is 366 g/mol. The van der Waals surface area contributed by atoms with Crippen molar-refractivity contribution in [3.8, 4) is 11.4 Å². The summed E-state index contributed by atoms with van der Waals surface area (Å²) >= 11 is 6.13. The molecule has 25 heavy (non-hydrogen) atoms. The van der Waals surface area contributed by atoms with Gasteiger partial charge in [-0.2, -0.15) is 0 Å². The third kappa shape index (κ3) is 4.46. The van der Waals surface area contributed by atoms with Gasteiger partial charge in [0.2, 0.25) is 5.95 Å². The molecule has 4 rings (SSSR count). The first-order valence-corrected chi connectivity index (χ1v) is 8.69. The van der Waals surface area contributed by atoms with Gasteiger partial charge in [-0.1, -0.05) is 11.6 Å². The van der Waals surface area contributed by atoms with E-state index in [0.29, 0.717) is 17.3 Å². The summed E-state index contributed by atoms with van der Waals surface area (Å²) in [6, 6.07) is 0. The number of fused-ring (bicyclic) bond motifs is 1. The van der Waals surface area contributed by atoms with Gasteiger partial charge in [-0.05, 0) is 19.9 Å². The minimum absolute atomic E-state index is 0.186. The van der Waals surface area contributed by atoms with Gasteiger partial charge in [0.05, 0.1) is 42.4 Å². The minimum Gasteiger partial charge on any atom is -0.391 e. The van der Waals surface area contributed by atoms with Crippen molar-refractivity contribution < 1.29 is 9.84 Å². The zero-order chi connectivity index (χ0) is 17.8. The second kappa shape index (κ2) is 8.09. The number of anilines is 1. The number of hydrogen-bond acceptors (Lipinski definition) is 7. The van der Waals surface area contributed by atoms with Crippen molar-refractivity contribution in [2.75, 3.05) is 32.5 Å². The maximum absolute atomic E-state index is 8.78. The van der Waals surface area contributed by atoms with Crippen molar-refractivity contribution in [3.63, 3.8) is 0 Å². The van der Waals surface area contributed by atoms with Crippen LogP contribution in [0.15, 0.2) is 12.4 Å². The van der Waals surface area contributed by atoms with E-state index in [9.17, 15) is 0 Å². The maximum atomic E-state index is 8.78. The minimum atomic E-state index is -0.186. The van der Waals surface area contributed by atoms with Crippen LogP contribution in [0.2, 0.25) is 5.02 Å². The molecule has 2 aromatic heterocycles. The average Bonchev–Trinajstić information content (AvgIpc) is 3.01. The lowest BCUT2D eigenvalue weighted by molar-refractivity contribution is -0.00535. The SMILES string of the molecule is CN1CCn2c(-c3nc(N)ncc3Cl)cnc2C1.OC1CCCOC1. The Hall–Kier alpha value is -1.74. The smallest absolute Gasteiger partial charge is 0.220 e. The van der Waals surface area contributed by atoms with E-state index in [4.69, 9.17) is 27.2 Å². The number of halogens is 1. The summed E-state index contributed by atoms with van der Waals surface area (Å²) in [5, 5.41) is 9.28. The van der Waals surface area contributed by atoms with E-state index in [1.807, 2.05) is 0 Å². The summed E-state index contributed by atoms with van der Waals surface area (Å²) in [6.45, 7) is 4.06. The number of likely N-dealkylation sites (N-methyl/N-ethyl adjacent to an activating group) is 1. The molecule has 0 saturated carbocycles. The second-order valence-electron chi connectivity index (χ2n) is 6.24. The molecule has 0 aliphatic carbocycles. The molecule has 2 aliphatic heterocycles. The molecule has 1 atom stereocenters. The van der Waals surface area contributed by atoms with Crippen molar-refractivity contribution in [2.24, 2.45) is 0 Å². The van der Waals surface area contributed by atoms with Crippen LogP contribution in [0.5, 0.6) is 0 Å². The molecular weight excluding hydrogens is 344 g/mol. The molecule has 2 aliphatic rings. The number of nitrogen functional groups attached to an aromatic ring is 1. The Morgan fingerprint density at radius 3 is 2.84 bits per heavy atom. The first kappa shape index (κ1) is 18.1. The molecule has 2 aromatic rings. The van der Waals surface area contributed by atoms with Gasteiger partial charge in [0.25, 0.3) is 0 Å². The molecule has 0 bridgehead atoms. The summed E-state index contributed by atoms with van der Waals surface area (Å²) in [6.07, 6.45) is 5.06. The van der Waals surface area contributed by atoms with E-state index in [2.05, 4.69) is 31.5 Å². The van der Waals surface area contributed by atoms with Gasteiger partial charge in [0.15, 0.2) is 0 Å². The van der Waals surface area contributed by atoms with Crippen LogP contribution in [-0.2, 0) is 17.8 Å². The lowest BCUT2D eigenvalue weighted by Gasteiger charge is -2.24. The zero-order valence-corrected chi connectivity index (χ0v) is 15.0. The number of aromatic nitrogens is 4. The maximum Gasteiger partial charge on any atom is 0.220 e.